The topological polar surface area (TPSA) is 273 Å². The molecule has 0 saturated carbocycles. The Morgan fingerprint density at radius 2 is 0.978 bits per heavy atom. The highest BCUT2D eigenvalue weighted by Gasteiger charge is 2.49. The maximum atomic E-state index is 11.3. The first-order valence-electron chi connectivity index (χ1n) is 14.4. The van der Waals surface area contributed by atoms with Crippen molar-refractivity contribution >= 4 is 11.9 Å². The van der Waals surface area contributed by atoms with Crippen molar-refractivity contribution in [1.29, 1.82) is 0 Å². The van der Waals surface area contributed by atoms with Gasteiger partial charge in [0.25, 0.3) is 0 Å². The zero-order chi connectivity index (χ0) is 34.0. The second-order valence-corrected chi connectivity index (χ2v) is 11.7. The molecular weight excluding hydrogens is 616 g/mol. The molecule has 4 rings (SSSR count). The first-order chi connectivity index (χ1) is 21.6. The van der Waals surface area contributed by atoms with E-state index in [1.54, 1.807) is 12.1 Å². The molecule has 2 aliphatic heterocycles. The van der Waals surface area contributed by atoms with Crippen LogP contribution < -0.4 is 9.47 Å². The smallest absolute Gasteiger partial charge is 0.335 e. The van der Waals surface area contributed by atoms with E-state index in [1.165, 1.54) is 24.3 Å². The Balaban J connectivity index is 1.34. The largest absolute Gasteiger partial charge is 0.504 e. The zero-order valence-electron chi connectivity index (χ0n) is 24.7. The van der Waals surface area contributed by atoms with Crippen molar-refractivity contribution in [3.63, 3.8) is 0 Å². The Morgan fingerprint density at radius 3 is 1.28 bits per heavy atom. The Morgan fingerprint density at radius 1 is 0.630 bits per heavy atom. The van der Waals surface area contributed by atoms with Crippen LogP contribution in [0.5, 0.6) is 23.0 Å². The molecule has 2 saturated heterocycles. The summed E-state index contributed by atoms with van der Waals surface area (Å²) in [4.78, 5) is 22.6. The lowest BCUT2D eigenvalue weighted by molar-refractivity contribution is -0.271. The molecule has 12 atom stereocenters. The van der Waals surface area contributed by atoms with Crippen molar-refractivity contribution in [3.8, 4) is 23.0 Å². The number of aliphatic hydroxyl groups excluding tert-OH is 6. The number of rotatable bonds is 11. The number of phenols is 2. The maximum Gasteiger partial charge on any atom is 0.335 e. The number of aliphatic carboxylic acids is 2. The molecule has 0 unspecified atom stereocenters. The SMILES string of the molecule is C[C@H](Cc1ccc(O[C@@H]2O[C@H](C(=O)O)[C@@H](O)[C@H](O)[C@H]2O)c(O)c1)[C@@H](C)Cc1ccc(O[C@@H]2O[C@H](C(=O)O)[C@@H](O)[C@H](O)[C@H]2O)c(O)c1. The summed E-state index contributed by atoms with van der Waals surface area (Å²) in [6.45, 7) is 3.96. The van der Waals surface area contributed by atoms with Gasteiger partial charge in [0.15, 0.2) is 35.2 Å². The Labute approximate surface area is 262 Å². The van der Waals surface area contributed by atoms with Crippen LogP contribution >= 0.6 is 0 Å². The van der Waals surface area contributed by atoms with Crippen molar-refractivity contribution in [1.82, 2.24) is 0 Å². The molecule has 46 heavy (non-hydrogen) atoms. The number of ether oxygens (including phenoxy) is 4. The fraction of sp³-hybridized carbons (Fsp3) is 0.533. The van der Waals surface area contributed by atoms with Gasteiger partial charge in [-0.3, -0.25) is 0 Å². The van der Waals surface area contributed by atoms with Gasteiger partial charge in [0.2, 0.25) is 12.6 Å². The minimum Gasteiger partial charge on any atom is -0.504 e. The lowest BCUT2D eigenvalue weighted by atomic mass is 9.85. The third-order valence-corrected chi connectivity index (χ3v) is 8.25. The molecule has 0 amide bonds. The Bertz CT molecular complexity index is 1280. The normalized spacial score (nSPS) is 32.7. The van der Waals surface area contributed by atoms with Gasteiger partial charge < -0.3 is 70.0 Å². The van der Waals surface area contributed by atoms with Crippen LogP contribution in [0.4, 0.5) is 0 Å². The van der Waals surface area contributed by atoms with E-state index in [2.05, 4.69) is 0 Å². The van der Waals surface area contributed by atoms with E-state index in [0.29, 0.717) is 12.8 Å². The van der Waals surface area contributed by atoms with Crippen molar-refractivity contribution in [2.75, 3.05) is 0 Å². The number of phenolic OH excluding ortho intramolecular Hbond substituents is 2. The molecule has 16 nitrogen and oxygen atoms in total. The molecule has 2 aromatic rings. The predicted octanol–water partition coefficient (Wildman–Crippen LogP) is -1.30. The zero-order valence-corrected chi connectivity index (χ0v) is 24.7. The summed E-state index contributed by atoms with van der Waals surface area (Å²) in [5.74, 6) is -3.99. The lowest BCUT2D eigenvalue weighted by Gasteiger charge is -2.38. The van der Waals surface area contributed by atoms with Gasteiger partial charge in [0.05, 0.1) is 0 Å². The van der Waals surface area contributed by atoms with Crippen LogP contribution in [0.3, 0.4) is 0 Å². The lowest BCUT2D eigenvalue weighted by Crippen LogP contribution is -2.61. The van der Waals surface area contributed by atoms with Crippen LogP contribution in [0.15, 0.2) is 36.4 Å². The summed E-state index contributed by atoms with van der Waals surface area (Å²) in [7, 11) is 0. The van der Waals surface area contributed by atoms with Gasteiger partial charge in [-0.2, -0.15) is 0 Å². The number of aromatic hydroxyl groups is 2. The van der Waals surface area contributed by atoms with E-state index in [1.807, 2.05) is 13.8 Å². The number of hydrogen-bond donors (Lipinski definition) is 10. The molecule has 16 heteroatoms. The molecule has 0 bridgehead atoms. The van der Waals surface area contributed by atoms with Gasteiger partial charge in [-0.1, -0.05) is 26.0 Å². The fourth-order valence-electron chi connectivity index (χ4n) is 5.27. The van der Waals surface area contributed by atoms with E-state index in [4.69, 9.17) is 18.9 Å². The van der Waals surface area contributed by atoms with Gasteiger partial charge in [0, 0.05) is 0 Å². The monoisotopic (exact) mass is 654 g/mol. The number of benzene rings is 2. The van der Waals surface area contributed by atoms with Crippen molar-refractivity contribution in [3.05, 3.63) is 47.5 Å². The summed E-state index contributed by atoms with van der Waals surface area (Å²) < 4.78 is 21.0. The number of aliphatic hydroxyl groups is 6. The van der Waals surface area contributed by atoms with Gasteiger partial charge >= 0.3 is 11.9 Å². The second-order valence-electron chi connectivity index (χ2n) is 11.7. The molecular formula is C30H38O16. The molecule has 0 spiro atoms. The third kappa shape index (κ3) is 7.62. The van der Waals surface area contributed by atoms with Gasteiger partial charge in [0.1, 0.15) is 36.6 Å². The standard InChI is InChI=1S/C30H38O16/c1-11(7-13-3-5-17(15(31)9-13)43-29-23(37)19(33)21(35)25(45-29)27(39)40)12(2)8-14-4-6-18(16(32)10-14)44-30-24(38)20(34)22(36)26(46-30)28(41)42/h3-6,9-12,19-26,29-38H,7-8H2,1-2H3,(H,39,40)(H,41,42)/t11-,12+,19-,20-,21-,22-,23+,24+,25-,26-,29+,30+/m0/s1. The molecule has 2 aromatic carbocycles. The van der Waals surface area contributed by atoms with E-state index >= 15 is 0 Å². The molecule has 0 radical (unpaired) electrons. The minimum atomic E-state index is -1.88. The quantitative estimate of drug-likeness (QED) is 0.135. The first kappa shape index (κ1) is 35.1. The summed E-state index contributed by atoms with van der Waals surface area (Å²) in [6, 6.07) is 8.95. The van der Waals surface area contributed by atoms with E-state index in [-0.39, 0.29) is 34.8 Å². The number of carboxylic acids is 2. The van der Waals surface area contributed by atoms with Crippen LogP contribution in [0.2, 0.25) is 0 Å². The van der Waals surface area contributed by atoms with Gasteiger partial charge in [-0.05, 0) is 60.1 Å². The maximum absolute atomic E-state index is 11.3. The average Bonchev–Trinajstić information content (AvgIpc) is 2.99. The highest BCUT2D eigenvalue weighted by Crippen LogP contribution is 2.35. The summed E-state index contributed by atoms with van der Waals surface area (Å²) >= 11 is 0. The Kier molecular flexibility index (Phi) is 11.0. The van der Waals surface area contributed by atoms with Crippen LogP contribution in [0, 0.1) is 11.8 Å². The summed E-state index contributed by atoms with van der Waals surface area (Å²) in [6.07, 6.45) is -17.1. The van der Waals surface area contributed by atoms with Crippen molar-refractivity contribution < 1.29 is 79.6 Å². The molecule has 0 aromatic heterocycles. The van der Waals surface area contributed by atoms with Crippen molar-refractivity contribution in [2.24, 2.45) is 11.8 Å². The van der Waals surface area contributed by atoms with Gasteiger partial charge in [-0.15, -0.1) is 0 Å². The average molecular weight is 655 g/mol. The van der Waals surface area contributed by atoms with Crippen molar-refractivity contribution in [2.45, 2.75) is 88.1 Å². The number of carboxylic acid groups (broad SMARTS) is 2. The molecule has 0 aliphatic carbocycles. The van der Waals surface area contributed by atoms with E-state index in [0.717, 1.165) is 11.1 Å². The molecule has 254 valence electrons. The first-order valence-corrected chi connectivity index (χ1v) is 14.4. The van der Waals surface area contributed by atoms with Crippen LogP contribution in [0.25, 0.3) is 0 Å². The molecule has 10 N–H and O–H groups in total. The number of hydrogen-bond acceptors (Lipinski definition) is 14. The summed E-state index contributed by atoms with van der Waals surface area (Å²) in [5, 5.41) is 99.4. The second kappa shape index (κ2) is 14.4. The number of carbonyl (C=O) groups is 2. The predicted molar refractivity (Wildman–Crippen MR) is 152 cm³/mol. The van der Waals surface area contributed by atoms with E-state index in [9.17, 15) is 60.7 Å². The highest BCUT2D eigenvalue weighted by atomic mass is 16.7. The Hall–Kier alpha value is -3.74. The van der Waals surface area contributed by atoms with Crippen LogP contribution in [-0.2, 0) is 31.9 Å². The van der Waals surface area contributed by atoms with E-state index < -0.39 is 73.4 Å². The molecule has 2 fully saturated rings. The van der Waals surface area contributed by atoms with Crippen LogP contribution in [-0.4, -0.2) is 124 Å². The highest BCUT2D eigenvalue weighted by molar-refractivity contribution is 5.74. The summed E-state index contributed by atoms with van der Waals surface area (Å²) in [5.41, 5.74) is 1.44. The minimum absolute atomic E-state index is 0.0485. The third-order valence-electron chi connectivity index (χ3n) is 8.25. The molecule has 2 heterocycles. The molecule has 2 aliphatic rings. The van der Waals surface area contributed by atoms with Gasteiger partial charge in [-0.25, -0.2) is 9.59 Å². The van der Waals surface area contributed by atoms with Crippen LogP contribution in [0.1, 0.15) is 25.0 Å². The fourth-order valence-corrected chi connectivity index (χ4v) is 5.27.